The summed E-state index contributed by atoms with van der Waals surface area (Å²) in [5.41, 5.74) is 7.73. The van der Waals surface area contributed by atoms with Crippen molar-refractivity contribution in [1.29, 1.82) is 5.26 Å². The Balaban J connectivity index is 2.47. The zero-order chi connectivity index (χ0) is 17.7. The van der Waals surface area contributed by atoms with Crippen LogP contribution in [0.15, 0.2) is 42.0 Å². The Labute approximate surface area is 159 Å². The molecule has 1 amide bonds. The average Bonchev–Trinajstić information content (AvgIpc) is 2.56. The van der Waals surface area contributed by atoms with Crippen LogP contribution in [0, 0.1) is 14.9 Å². The summed E-state index contributed by atoms with van der Waals surface area (Å²) in [6.07, 6.45) is 2.07. The number of nitrogens with two attached hydrogens (primary N) is 1. The maximum atomic E-state index is 11.2. The van der Waals surface area contributed by atoms with Gasteiger partial charge in [-0.1, -0.05) is 29.8 Å². The third kappa shape index (κ3) is 4.28. The minimum Gasteiger partial charge on any atom is -0.496 e. The molecule has 0 fully saturated rings. The number of ether oxygens (including phenoxy) is 1. The maximum Gasteiger partial charge on any atom is 0.259 e. The molecule has 0 aliphatic heterocycles. The number of nitriles is 1. The normalized spacial score (nSPS) is 11.0. The lowest BCUT2D eigenvalue weighted by Gasteiger charge is -2.13. The summed E-state index contributed by atoms with van der Waals surface area (Å²) in [4.78, 5) is 11.2. The molecular weight excluding hydrogens is 439 g/mol. The number of amides is 1. The molecule has 2 aromatic carbocycles. The minimum atomic E-state index is -0.758. The summed E-state index contributed by atoms with van der Waals surface area (Å²) >= 11 is 8.43. The van der Waals surface area contributed by atoms with Crippen molar-refractivity contribution in [2.75, 3.05) is 7.11 Å². The smallest absolute Gasteiger partial charge is 0.259 e. The third-order valence-electron chi connectivity index (χ3n) is 3.42. The Bertz CT molecular complexity index is 857. The number of hydrogen-bond donors (Lipinski definition) is 1. The molecule has 0 spiro atoms. The lowest BCUT2D eigenvalue weighted by molar-refractivity contribution is -0.114. The molecule has 0 aromatic heterocycles. The van der Waals surface area contributed by atoms with Gasteiger partial charge in [0.25, 0.3) is 5.91 Å². The highest BCUT2D eigenvalue weighted by atomic mass is 127. The summed E-state index contributed by atoms with van der Waals surface area (Å²) in [5.74, 6) is -0.0959. The number of carbonyl (C=O) groups excluding carboxylic acids is 1. The molecule has 0 atom stereocenters. The van der Waals surface area contributed by atoms with E-state index in [9.17, 15) is 4.79 Å². The fraction of sp³-hybridized carbons (Fsp3) is 0.111. The summed E-state index contributed by atoms with van der Waals surface area (Å²) in [7, 11) is 1.58. The molecule has 0 aliphatic carbocycles. The van der Waals surface area contributed by atoms with E-state index in [1.165, 1.54) is 6.08 Å². The molecule has 2 rings (SSSR count). The van der Waals surface area contributed by atoms with Crippen LogP contribution in [0.4, 0.5) is 0 Å². The average molecular weight is 453 g/mol. The number of rotatable bonds is 5. The minimum absolute atomic E-state index is 0.105. The van der Waals surface area contributed by atoms with Crippen LogP contribution >= 0.6 is 34.2 Å². The number of carbonyl (C=O) groups is 1. The van der Waals surface area contributed by atoms with Crippen LogP contribution in [0.3, 0.4) is 0 Å². The molecule has 0 heterocycles. The first-order chi connectivity index (χ1) is 11.5. The second-order valence-electron chi connectivity index (χ2n) is 4.99. The monoisotopic (exact) mass is 452 g/mol. The molecule has 4 nitrogen and oxygen atoms in total. The summed E-state index contributed by atoms with van der Waals surface area (Å²) in [6, 6.07) is 13.1. The van der Waals surface area contributed by atoms with Gasteiger partial charge in [0.2, 0.25) is 0 Å². The van der Waals surface area contributed by atoms with Crippen molar-refractivity contribution in [3.05, 3.63) is 67.3 Å². The van der Waals surface area contributed by atoms with Gasteiger partial charge in [0.15, 0.2) is 0 Å². The summed E-state index contributed by atoms with van der Waals surface area (Å²) in [5, 5.41) is 9.66. The fourth-order valence-electron chi connectivity index (χ4n) is 2.23. The van der Waals surface area contributed by atoms with Gasteiger partial charge in [-0.2, -0.15) is 5.26 Å². The zero-order valence-corrected chi connectivity index (χ0v) is 15.8. The van der Waals surface area contributed by atoms with Gasteiger partial charge in [0.05, 0.1) is 7.11 Å². The van der Waals surface area contributed by atoms with Crippen molar-refractivity contribution in [3.63, 3.8) is 0 Å². The quantitative estimate of drug-likeness (QED) is 0.424. The van der Waals surface area contributed by atoms with E-state index in [0.717, 1.165) is 14.7 Å². The Morgan fingerprint density at radius 1 is 1.42 bits per heavy atom. The van der Waals surface area contributed by atoms with E-state index in [4.69, 9.17) is 27.3 Å². The number of halogens is 2. The van der Waals surface area contributed by atoms with Crippen molar-refractivity contribution in [1.82, 2.24) is 0 Å². The van der Waals surface area contributed by atoms with Gasteiger partial charge in [-0.15, -0.1) is 0 Å². The van der Waals surface area contributed by atoms with Crippen molar-refractivity contribution in [2.45, 2.75) is 6.42 Å². The molecule has 0 radical (unpaired) electrons. The van der Waals surface area contributed by atoms with Crippen molar-refractivity contribution >= 4 is 46.2 Å². The number of hydrogen-bond acceptors (Lipinski definition) is 3. The van der Waals surface area contributed by atoms with E-state index in [1.807, 2.05) is 30.3 Å². The Morgan fingerprint density at radius 3 is 2.71 bits per heavy atom. The second-order valence-corrected chi connectivity index (χ2v) is 6.56. The molecule has 0 saturated carbocycles. The van der Waals surface area contributed by atoms with Crippen LogP contribution in [0.1, 0.15) is 16.7 Å². The van der Waals surface area contributed by atoms with Gasteiger partial charge < -0.3 is 10.5 Å². The van der Waals surface area contributed by atoms with Crippen LogP contribution in [0.25, 0.3) is 6.08 Å². The lowest BCUT2D eigenvalue weighted by atomic mass is 10.0. The van der Waals surface area contributed by atoms with Gasteiger partial charge in [0, 0.05) is 20.6 Å². The predicted octanol–water partition coefficient (Wildman–Crippen LogP) is 3.94. The van der Waals surface area contributed by atoms with Gasteiger partial charge in [-0.3, -0.25) is 4.79 Å². The topological polar surface area (TPSA) is 76.1 Å². The number of methoxy groups -OCH3 is 1. The first kappa shape index (κ1) is 18.3. The van der Waals surface area contributed by atoms with E-state index in [-0.39, 0.29) is 5.57 Å². The Morgan fingerprint density at radius 2 is 2.12 bits per heavy atom. The molecule has 2 N–H and O–H groups in total. The standard InChI is InChI=1S/C18H14ClIN2O2/c1-24-17-8-11(6-13(10-21)18(22)23)7-16(20)14(17)9-12-4-2-3-5-15(12)19/h2-8H,9H2,1H3,(H2,22,23)/b13-6+. The predicted molar refractivity (Wildman–Crippen MR) is 103 cm³/mol. The first-order valence-corrected chi connectivity index (χ1v) is 8.43. The number of nitrogens with zero attached hydrogens (tertiary/aromatic N) is 1. The lowest BCUT2D eigenvalue weighted by Crippen LogP contribution is -2.12. The second kappa shape index (κ2) is 8.18. The van der Waals surface area contributed by atoms with E-state index in [0.29, 0.717) is 22.8 Å². The Hall–Kier alpha value is -2.04. The molecule has 122 valence electrons. The highest BCUT2D eigenvalue weighted by Gasteiger charge is 2.13. The van der Waals surface area contributed by atoms with Crippen LogP contribution in [0.5, 0.6) is 5.75 Å². The van der Waals surface area contributed by atoms with Crippen molar-refractivity contribution in [3.8, 4) is 11.8 Å². The zero-order valence-electron chi connectivity index (χ0n) is 12.8. The van der Waals surface area contributed by atoms with Gasteiger partial charge in [-0.25, -0.2) is 0 Å². The van der Waals surface area contributed by atoms with Gasteiger partial charge >= 0.3 is 0 Å². The molecule has 0 aliphatic rings. The molecule has 0 bridgehead atoms. The maximum absolute atomic E-state index is 11.2. The Kier molecular flexibility index (Phi) is 6.23. The number of benzene rings is 2. The van der Waals surface area contributed by atoms with Crippen LogP contribution in [-0.4, -0.2) is 13.0 Å². The first-order valence-electron chi connectivity index (χ1n) is 6.97. The fourth-order valence-corrected chi connectivity index (χ4v) is 3.24. The van der Waals surface area contributed by atoms with E-state index in [2.05, 4.69) is 22.6 Å². The van der Waals surface area contributed by atoms with Crippen molar-refractivity contribution in [2.24, 2.45) is 5.73 Å². The molecule has 0 saturated heterocycles. The molecular formula is C18H14ClIN2O2. The van der Waals surface area contributed by atoms with E-state index >= 15 is 0 Å². The highest BCUT2D eigenvalue weighted by molar-refractivity contribution is 14.1. The van der Waals surface area contributed by atoms with Crippen molar-refractivity contribution < 1.29 is 9.53 Å². The number of primary amides is 1. The third-order valence-corrected chi connectivity index (χ3v) is 4.75. The summed E-state index contributed by atoms with van der Waals surface area (Å²) in [6.45, 7) is 0. The molecule has 2 aromatic rings. The van der Waals surface area contributed by atoms with Crippen LogP contribution in [-0.2, 0) is 11.2 Å². The van der Waals surface area contributed by atoms with E-state index < -0.39 is 5.91 Å². The SMILES string of the molecule is COc1cc(/C=C(\C#N)C(N)=O)cc(I)c1Cc1ccccc1Cl. The summed E-state index contributed by atoms with van der Waals surface area (Å²) < 4.78 is 6.42. The van der Waals surface area contributed by atoms with E-state index in [1.54, 1.807) is 19.2 Å². The molecule has 6 heteroatoms. The highest BCUT2D eigenvalue weighted by Crippen LogP contribution is 2.31. The van der Waals surface area contributed by atoms with Crippen LogP contribution < -0.4 is 10.5 Å². The van der Waals surface area contributed by atoms with Gasteiger partial charge in [0.1, 0.15) is 17.4 Å². The largest absolute Gasteiger partial charge is 0.496 e. The van der Waals surface area contributed by atoms with Gasteiger partial charge in [-0.05, 0) is 58.0 Å². The molecule has 0 unspecified atom stereocenters. The molecule has 24 heavy (non-hydrogen) atoms. The van der Waals surface area contributed by atoms with Crippen LogP contribution in [0.2, 0.25) is 5.02 Å².